The van der Waals surface area contributed by atoms with Crippen molar-refractivity contribution in [3.05, 3.63) is 87.0 Å². The molecule has 0 atom stereocenters. The molecule has 1 aliphatic carbocycles. The quantitative estimate of drug-likeness (QED) is 0.283. The molecule has 0 saturated carbocycles. The molecule has 28 heavy (non-hydrogen) atoms. The van der Waals surface area contributed by atoms with Crippen LogP contribution in [0.25, 0.3) is 0 Å². The van der Waals surface area contributed by atoms with Gasteiger partial charge in [-0.15, -0.1) is 0 Å². The summed E-state index contributed by atoms with van der Waals surface area (Å²) >= 11 is 0. The molecule has 0 aromatic heterocycles. The van der Waals surface area contributed by atoms with E-state index < -0.39 is 33.7 Å². The van der Waals surface area contributed by atoms with Crippen LogP contribution < -0.4 is 5.32 Å². The molecule has 1 aliphatic rings. The fraction of sp³-hybridized carbons (Fsp3) is 0. The van der Waals surface area contributed by atoms with Crippen LogP contribution in [0.5, 0.6) is 11.5 Å². The Balaban J connectivity index is 1.94. The van der Waals surface area contributed by atoms with Crippen molar-refractivity contribution in [2.45, 2.75) is 0 Å². The van der Waals surface area contributed by atoms with Crippen molar-refractivity contribution in [2.75, 3.05) is 5.32 Å². The maximum absolute atomic E-state index is 12.9. The first-order valence-electron chi connectivity index (χ1n) is 8.17. The van der Waals surface area contributed by atoms with Crippen LogP contribution in [0.3, 0.4) is 0 Å². The number of phenols is 2. The molecule has 0 bridgehead atoms. The van der Waals surface area contributed by atoms with E-state index in [4.69, 9.17) is 0 Å². The zero-order valence-electron chi connectivity index (χ0n) is 14.2. The smallest absolute Gasteiger partial charge is 0.283 e. The number of para-hydroxylation sites is 1. The minimum atomic E-state index is -0.780. The third-order valence-electron chi connectivity index (χ3n) is 4.48. The molecule has 138 valence electrons. The van der Waals surface area contributed by atoms with E-state index in [-0.39, 0.29) is 27.9 Å². The Kier molecular flexibility index (Phi) is 3.82. The molecule has 0 fully saturated rings. The molecule has 0 unspecified atom stereocenters. The van der Waals surface area contributed by atoms with Crippen LogP contribution in [-0.4, -0.2) is 26.7 Å². The number of nitrogens with one attached hydrogen (secondary N) is 1. The molecule has 0 spiro atoms. The van der Waals surface area contributed by atoms with Crippen molar-refractivity contribution in [1.82, 2.24) is 0 Å². The normalized spacial score (nSPS) is 12.3. The van der Waals surface area contributed by atoms with Gasteiger partial charge in [-0.25, -0.2) is 0 Å². The van der Waals surface area contributed by atoms with E-state index in [9.17, 15) is 29.9 Å². The molecular formula is C20H12N2O6. The number of anilines is 2. The summed E-state index contributed by atoms with van der Waals surface area (Å²) in [5.74, 6) is -2.84. The zero-order chi connectivity index (χ0) is 20.0. The summed E-state index contributed by atoms with van der Waals surface area (Å²) < 4.78 is 0. The van der Waals surface area contributed by atoms with Crippen LogP contribution in [0.15, 0.2) is 54.6 Å². The van der Waals surface area contributed by atoms with E-state index in [2.05, 4.69) is 5.32 Å². The van der Waals surface area contributed by atoms with Crippen molar-refractivity contribution in [3.8, 4) is 11.5 Å². The Morgan fingerprint density at radius 3 is 2.18 bits per heavy atom. The predicted molar refractivity (Wildman–Crippen MR) is 99.5 cm³/mol. The Morgan fingerprint density at radius 2 is 1.50 bits per heavy atom. The van der Waals surface area contributed by atoms with Gasteiger partial charge in [0.15, 0.2) is 17.3 Å². The van der Waals surface area contributed by atoms with Gasteiger partial charge >= 0.3 is 0 Å². The fourth-order valence-corrected chi connectivity index (χ4v) is 3.22. The molecule has 0 aliphatic heterocycles. The first-order chi connectivity index (χ1) is 13.4. The number of benzene rings is 3. The van der Waals surface area contributed by atoms with Gasteiger partial charge in [-0.05, 0) is 30.3 Å². The summed E-state index contributed by atoms with van der Waals surface area (Å²) in [5, 5.41) is 34.3. The Morgan fingerprint density at radius 1 is 0.821 bits per heavy atom. The highest BCUT2D eigenvalue weighted by Gasteiger charge is 2.38. The largest absolute Gasteiger partial charge is 0.504 e. The predicted octanol–water partition coefficient (Wildman–Crippen LogP) is 3.53. The van der Waals surface area contributed by atoms with Crippen molar-refractivity contribution < 1.29 is 24.7 Å². The number of nitro groups is 1. The monoisotopic (exact) mass is 376 g/mol. The lowest BCUT2D eigenvalue weighted by Crippen LogP contribution is -2.22. The minimum absolute atomic E-state index is 0.195. The first-order valence-corrected chi connectivity index (χ1v) is 8.17. The molecule has 8 heteroatoms. The number of nitrogens with zero attached hydrogens (tertiary/aromatic N) is 1. The summed E-state index contributed by atoms with van der Waals surface area (Å²) in [7, 11) is 0. The van der Waals surface area contributed by atoms with Crippen molar-refractivity contribution in [3.63, 3.8) is 0 Å². The van der Waals surface area contributed by atoms with E-state index in [1.54, 1.807) is 30.3 Å². The van der Waals surface area contributed by atoms with Gasteiger partial charge in [0.05, 0.1) is 10.5 Å². The molecule has 0 heterocycles. The number of hydrogen-bond donors (Lipinski definition) is 3. The summed E-state index contributed by atoms with van der Waals surface area (Å²) in [6.45, 7) is 0. The van der Waals surface area contributed by atoms with Crippen LogP contribution in [0.1, 0.15) is 31.8 Å². The van der Waals surface area contributed by atoms with Gasteiger partial charge in [0.1, 0.15) is 5.56 Å². The SMILES string of the molecule is O=C1c2ccc(O)c(O)c2C(=O)c2cc(Nc3ccccc3)cc([N+](=O)[O-])c21. The van der Waals surface area contributed by atoms with Crippen LogP contribution in [-0.2, 0) is 0 Å². The van der Waals surface area contributed by atoms with Gasteiger partial charge < -0.3 is 15.5 Å². The van der Waals surface area contributed by atoms with Gasteiger partial charge in [-0.1, -0.05) is 18.2 Å². The number of nitro benzene ring substituents is 1. The standard InChI is InChI=1S/C20H12N2O6/c23-15-7-6-12-17(20(15)26)19(25)13-8-11(21-10-4-2-1-3-5-10)9-14(22(27)28)16(13)18(12)24/h1-9,21,23,26H. The summed E-state index contributed by atoms with van der Waals surface area (Å²) in [4.78, 5) is 36.6. The number of ketones is 2. The molecule has 4 rings (SSSR count). The number of rotatable bonds is 3. The molecule has 3 aromatic rings. The summed E-state index contributed by atoms with van der Waals surface area (Å²) in [6.07, 6.45) is 0. The lowest BCUT2D eigenvalue weighted by molar-refractivity contribution is -0.385. The number of fused-ring (bicyclic) bond motifs is 2. The average Bonchev–Trinajstić information content (AvgIpc) is 2.68. The molecule has 0 radical (unpaired) electrons. The van der Waals surface area contributed by atoms with Crippen molar-refractivity contribution >= 4 is 28.6 Å². The van der Waals surface area contributed by atoms with Gasteiger partial charge in [-0.2, -0.15) is 0 Å². The van der Waals surface area contributed by atoms with Crippen molar-refractivity contribution in [2.24, 2.45) is 0 Å². The van der Waals surface area contributed by atoms with Gasteiger partial charge in [-0.3, -0.25) is 19.7 Å². The lowest BCUT2D eigenvalue weighted by Gasteiger charge is -2.20. The minimum Gasteiger partial charge on any atom is -0.504 e. The summed E-state index contributed by atoms with van der Waals surface area (Å²) in [5.41, 5.74) is -0.777. The van der Waals surface area contributed by atoms with E-state index >= 15 is 0 Å². The topological polar surface area (TPSA) is 130 Å². The molecule has 0 amide bonds. The fourth-order valence-electron chi connectivity index (χ4n) is 3.22. The van der Waals surface area contributed by atoms with Crippen LogP contribution >= 0.6 is 0 Å². The van der Waals surface area contributed by atoms with E-state index in [0.717, 1.165) is 12.1 Å². The van der Waals surface area contributed by atoms with E-state index in [1.165, 1.54) is 12.1 Å². The van der Waals surface area contributed by atoms with Gasteiger partial charge in [0.25, 0.3) is 5.69 Å². The number of carbonyl (C=O) groups excluding carboxylic acids is 2. The Labute approximate surface area is 157 Å². The second-order valence-corrected chi connectivity index (χ2v) is 6.18. The summed E-state index contributed by atoms with van der Waals surface area (Å²) in [6, 6.07) is 13.5. The maximum Gasteiger partial charge on any atom is 0.283 e. The van der Waals surface area contributed by atoms with Crippen LogP contribution in [0, 0.1) is 10.1 Å². The molecule has 8 nitrogen and oxygen atoms in total. The average molecular weight is 376 g/mol. The second kappa shape index (κ2) is 6.20. The molecular weight excluding hydrogens is 364 g/mol. The third-order valence-corrected chi connectivity index (χ3v) is 4.48. The number of phenolic OH excluding ortho intramolecular Hbond substituents is 2. The van der Waals surface area contributed by atoms with E-state index in [1.807, 2.05) is 0 Å². The lowest BCUT2D eigenvalue weighted by atomic mass is 9.82. The number of hydrogen-bond acceptors (Lipinski definition) is 7. The molecule has 0 saturated heterocycles. The van der Waals surface area contributed by atoms with Gasteiger partial charge in [0, 0.05) is 28.6 Å². The Bertz CT molecular complexity index is 1170. The van der Waals surface area contributed by atoms with E-state index in [0.29, 0.717) is 5.69 Å². The molecule has 3 N–H and O–H groups in total. The zero-order valence-corrected chi connectivity index (χ0v) is 14.2. The third kappa shape index (κ3) is 2.55. The molecule has 3 aromatic carbocycles. The number of carbonyl (C=O) groups is 2. The highest BCUT2D eigenvalue weighted by Crippen LogP contribution is 2.41. The van der Waals surface area contributed by atoms with Gasteiger partial charge in [0.2, 0.25) is 5.78 Å². The first kappa shape index (κ1) is 17.2. The van der Waals surface area contributed by atoms with Crippen molar-refractivity contribution in [1.29, 1.82) is 0 Å². The highest BCUT2D eigenvalue weighted by molar-refractivity contribution is 6.31. The Hall–Kier alpha value is -4.20. The van der Waals surface area contributed by atoms with Crippen LogP contribution in [0.4, 0.5) is 17.1 Å². The number of aromatic hydroxyl groups is 2. The second-order valence-electron chi connectivity index (χ2n) is 6.18. The highest BCUT2D eigenvalue weighted by atomic mass is 16.6. The maximum atomic E-state index is 12.9. The van der Waals surface area contributed by atoms with Crippen LogP contribution in [0.2, 0.25) is 0 Å².